The van der Waals surface area contributed by atoms with Crippen LogP contribution in [0.5, 0.6) is 0 Å². The molecule has 0 spiro atoms. The summed E-state index contributed by atoms with van der Waals surface area (Å²) in [7, 11) is -3.37. The van der Waals surface area contributed by atoms with Gasteiger partial charge in [-0.1, -0.05) is 13.8 Å². The quantitative estimate of drug-likeness (QED) is 0.793. The zero-order valence-corrected chi connectivity index (χ0v) is 10.6. The van der Waals surface area contributed by atoms with E-state index in [4.69, 9.17) is 0 Å². The lowest BCUT2D eigenvalue weighted by Crippen LogP contribution is -2.39. The minimum atomic E-state index is -3.37. The zero-order valence-electron chi connectivity index (χ0n) is 9.77. The monoisotopic (exact) mass is 245 g/mol. The summed E-state index contributed by atoms with van der Waals surface area (Å²) in [6, 6.07) is 0. The summed E-state index contributed by atoms with van der Waals surface area (Å²) in [5, 5.41) is -0.320. The maximum absolute atomic E-state index is 11.8. The van der Waals surface area contributed by atoms with Gasteiger partial charge in [-0.2, -0.15) is 0 Å². The number of rotatable bonds is 5. The summed E-state index contributed by atoms with van der Waals surface area (Å²) < 4.78 is 25.4. The van der Waals surface area contributed by atoms with Crippen molar-refractivity contribution < 1.29 is 13.2 Å². The largest absolute Gasteiger partial charge is 0.274 e. The van der Waals surface area contributed by atoms with Gasteiger partial charge in [-0.15, -0.1) is 0 Å². The third kappa shape index (κ3) is 2.56. The van der Waals surface area contributed by atoms with Crippen molar-refractivity contribution in [1.29, 1.82) is 0 Å². The van der Waals surface area contributed by atoms with Gasteiger partial charge in [0.2, 0.25) is 15.9 Å². The number of hydrogen-bond acceptors (Lipinski definition) is 3. The fourth-order valence-electron chi connectivity index (χ4n) is 1.96. The highest BCUT2D eigenvalue weighted by atomic mass is 32.2. The Morgan fingerprint density at radius 1 is 1.19 bits per heavy atom. The molecule has 0 saturated heterocycles. The Morgan fingerprint density at radius 2 is 1.75 bits per heavy atom. The van der Waals surface area contributed by atoms with Gasteiger partial charge in [0.1, 0.15) is 0 Å². The number of amides is 1. The smallest absolute Gasteiger partial charge is 0.237 e. The lowest BCUT2D eigenvalue weighted by molar-refractivity contribution is -0.124. The van der Waals surface area contributed by atoms with Gasteiger partial charge in [0.15, 0.2) is 0 Å². The highest BCUT2D eigenvalue weighted by Gasteiger charge is 2.39. The molecule has 2 unspecified atom stereocenters. The first-order valence-corrected chi connectivity index (χ1v) is 7.52. The second-order valence-corrected chi connectivity index (χ2v) is 7.16. The van der Waals surface area contributed by atoms with Gasteiger partial charge in [0, 0.05) is 5.92 Å². The van der Waals surface area contributed by atoms with Crippen LogP contribution in [0.15, 0.2) is 0 Å². The Balaban J connectivity index is 1.91. The van der Waals surface area contributed by atoms with Crippen LogP contribution in [0.25, 0.3) is 0 Å². The van der Waals surface area contributed by atoms with E-state index in [9.17, 15) is 13.2 Å². The normalized spacial score (nSPS) is 24.9. The molecule has 2 aliphatic rings. The van der Waals surface area contributed by atoms with Crippen LogP contribution in [0, 0.1) is 17.8 Å². The van der Waals surface area contributed by atoms with E-state index in [1.165, 1.54) is 12.8 Å². The molecule has 0 heterocycles. The van der Waals surface area contributed by atoms with Gasteiger partial charge in [0.05, 0.1) is 5.25 Å². The van der Waals surface area contributed by atoms with Gasteiger partial charge in [-0.3, -0.25) is 9.52 Å². The predicted octanol–water partition coefficient (Wildman–Crippen LogP) is 1.28. The van der Waals surface area contributed by atoms with Crippen molar-refractivity contribution >= 4 is 15.9 Å². The molecule has 2 saturated carbocycles. The minimum Gasteiger partial charge on any atom is -0.274 e. The van der Waals surface area contributed by atoms with E-state index in [-0.39, 0.29) is 23.0 Å². The molecule has 2 rings (SSSR count). The number of sulfonamides is 1. The molecule has 0 aromatic rings. The van der Waals surface area contributed by atoms with Crippen LogP contribution < -0.4 is 4.72 Å². The molecule has 0 bridgehead atoms. The van der Waals surface area contributed by atoms with Crippen LogP contribution in [0.2, 0.25) is 0 Å². The molecule has 4 nitrogen and oxygen atoms in total. The average molecular weight is 245 g/mol. The van der Waals surface area contributed by atoms with Crippen molar-refractivity contribution in [2.45, 2.75) is 44.8 Å². The number of carbonyl (C=O) groups excluding carboxylic acids is 1. The topological polar surface area (TPSA) is 63.2 Å². The molecule has 0 aromatic carbocycles. The number of nitrogens with one attached hydrogen (secondary N) is 1. The molecule has 1 amide bonds. The number of carbonyl (C=O) groups is 1. The molecular formula is C11H19NO3S. The second kappa shape index (κ2) is 4.02. The maximum atomic E-state index is 11.8. The Labute approximate surface area is 96.8 Å². The standard InChI is InChI=1S/C11H19NO3S/c1-7(9-3-4-9)8(2)11(13)12-16(14,15)10-5-6-10/h7-10H,3-6H2,1-2H3,(H,12,13). The van der Waals surface area contributed by atoms with Crippen molar-refractivity contribution in [3.8, 4) is 0 Å². The van der Waals surface area contributed by atoms with Crippen LogP contribution >= 0.6 is 0 Å². The summed E-state index contributed by atoms with van der Waals surface area (Å²) in [6.45, 7) is 3.85. The molecule has 0 aliphatic heterocycles. The van der Waals surface area contributed by atoms with Crippen molar-refractivity contribution in [2.24, 2.45) is 17.8 Å². The fourth-order valence-corrected chi connectivity index (χ4v) is 3.35. The molecule has 2 aliphatic carbocycles. The third-order valence-electron chi connectivity index (χ3n) is 3.77. The van der Waals surface area contributed by atoms with E-state index in [0.29, 0.717) is 18.8 Å². The summed E-state index contributed by atoms with van der Waals surface area (Å²) in [5.41, 5.74) is 0. The van der Waals surface area contributed by atoms with Crippen LogP contribution in [0.3, 0.4) is 0 Å². The summed E-state index contributed by atoms with van der Waals surface area (Å²) in [6.07, 6.45) is 3.73. The van der Waals surface area contributed by atoms with Crippen molar-refractivity contribution in [3.05, 3.63) is 0 Å². The van der Waals surface area contributed by atoms with Crippen LogP contribution in [-0.2, 0) is 14.8 Å². The first-order chi connectivity index (χ1) is 7.42. The fraction of sp³-hybridized carbons (Fsp3) is 0.909. The molecular weight excluding hydrogens is 226 g/mol. The molecule has 1 N–H and O–H groups in total. The Bertz CT molecular complexity index is 382. The molecule has 16 heavy (non-hydrogen) atoms. The number of hydrogen-bond donors (Lipinski definition) is 1. The average Bonchev–Trinajstić information content (AvgIpc) is 3.06. The first-order valence-electron chi connectivity index (χ1n) is 5.97. The summed E-state index contributed by atoms with van der Waals surface area (Å²) in [5.74, 6) is 0.367. The van der Waals surface area contributed by atoms with Gasteiger partial charge in [-0.25, -0.2) is 8.42 Å². The van der Waals surface area contributed by atoms with E-state index in [0.717, 1.165) is 0 Å². The SMILES string of the molecule is CC(C(=O)NS(=O)(=O)C1CC1)C(C)C1CC1. The summed E-state index contributed by atoms with van der Waals surface area (Å²) in [4.78, 5) is 11.8. The van der Waals surface area contributed by atoms with E-state index in [2.05, 4.69) is 4.72 Å². The first kappa shape index (κ1) is 11.9. The third-order valence-corrected chi connectivity index (χ3v) is 5.61. The van der Waals surface area contributed by atoms with E-state index in [1.807, 2.05) is 13.8 Å². The van der Waals surface area contributed by atoms with Crippen LogP contribution in [0.4, 0.5) is 0 Å². The predicted molar refractivity (Wildman–Crippen MR) is 61.1 cm³/mol. The maximum Gasteiger partial charge on any atom is 0.237 e. The Morgan fingerprint density at radius 3 is 2.19 bits per heavy atom. The van der Waals surface area contributed by atoms with E-state index < -0.39 is 10.0 Å². The van der Waals surface area contributed by atoms with E-state index in [1.54, 1.807) is 0 Å². The molecule has 2 atom stereocenters. The second-order valence-electron chi connectivity index (χ2n) is 5.20. The van der Waals surface area contributed by atoms with Crippen LogP contribution in [0.1, 0.15) is 39.5 Å². The lowest BCUT2D eigenvalue weighted by Gasteiger charge is -2.18. The highest BCUT2D eigenvalue weighted by Crippen LogP contribution is 2.40. The van der Waals surface area contributed by atoms with E-state index >= 15 is 0 Å². The Kier molecular flexibility index (Phi) is 2.99. The molecule has 0 aromatic heterocycles. The van der Waals surface area contributed by atoms with Gasteiger partial charge in [-0.05, 0) is 37.5 Å². The lowest BCUT2D eigenvalue weighted by atomic mass is 9.91. The molecule has 92 valence electrons. The van der Waals surface area contributed by atoms with Gasteiger partial charge < -0.3 is 0 Å². The zero-order chi connectivity index (χ0) is 11.9. The highest BCUT2D eigenvalue weighted by molar-refractivity contribution is 7.90. The van der Waals surface area contributed by atoms with Crippen molar-refractivity contribution in [3.63, 3.8) is 0 Å². The van der Waals surface area contributed by atoms with Crippen molar-refractivity contribution in [2.75, 3.05) is 0 Å². The van der Waals surface area contributed by atoms with Crippen LogP contribution in [-0.4, -0.2) is 19.6 Å². The van der Waals surface area contributed by atoms with Crippen molar-refractivity contribution in [1.82, 2.24) is 4.72 Å². The molecule has 5 heteroatoms. The van der Waals surface area contributed by atoms with Gasteiger partial charge >= 0.3 is 0 Å². The minimum absolute atomic E-state index is 0.207. The Hall–Kier alpha value is -0.580. The summed E-state index contributed by atoms with van der Waals surface area (Å²) >= 11 is 0. The molecule has 0 radical (unpaired) electrons. The molecule has 2 fully saturated rings. The van der Waals surface area contributed by atoms with Gasteiger partial charge in [0.25, 0.3) is 0 Å².